The summed E-state index contributed by atoms with van der Waals surface area (Å²) in [5.41, 5.74) is 0. The quantitative estimate of drug-likeness (QED) is 0.0262. The molecule has 0 amide bonds. The third-order valence-corrected chi connectivity index (χ3v) is 10.9. The number of ether oxygens (including phenoxy) is 3. The lowest BCUT2D eigenvalue weighted by Crippen LogP contribution is -2.30. The van der Waals surface area contributed by atoms with Gasteiger partial charge in [-0.3, -0.25) is 14.4 Å². The second-order valence-corrected chi connectivity index (χ2v) is 17.1. The van der Waals surface area contributed by atoms with Gasteiger partial charge in [-0.05, 0) is 89.9 Å². The smallest absolute Gasteiger partial charge is 0.306 e. The minimum atomic E-state index is -0.790. The Morgan fingerprint density at radius 3 is 1.03 bits per heavy atom. The number of carbonyl (C=O) groups is 3. The van der Waals surface area contributed by atoms with Crippen molar-refractivity contribution in [3.8, 4) is 0 Å². The molecular weight excluding hydrogens is 781 g/mol. The van der Waals surface area contributed by atoms with Crippen molar-refractivity contribution in [2.75, 3.05) is 13.2 Å². The van der Waals surface area contributed by atoms with E-state index in [0.29, 0.717) is 19.3 Å². The second kappa shape index (κ2) is 51.2. The zero-order valence-electron chi connectivity index (χ0n) is 41.1. The maximum atomic E-state index is 12.8. The number of hydrogen-bond donors (Lipinski definition) is 0. The first-order valence-electron chi connectivity index (χ1n) is 26.1. The Morgan fingerprint density at radius 1 is 0.333 bits per heavy atom. The lowest BCUT2D eigenvalue weighted by Gasteiger charge is -2.18. The molecule has 0 aromatic carbocycles. The molecule has 0 aliphatic rings. The van der Waals surface area contributed by atoms with Crippen LogP contribution in [-0.4, -0.2) is 37.2 Å². The predicted molar refractivity (Wildman–Crippen MR) is 270 cm³/mol. The summed E-state index contributed by atoms with van der Waals surface area (Å²) in [4.78, 5) is 37.9. The summed E-state index contributed by atoms with van der Waals surface area (Å²) in [6, 6.07) is 0. The molecule has 0 saturated carbocycles. The van der Waals surface area contributed by atoms with Crippen molar-refractivity contribution in [1.29, 1.82) is 0 Å². The van der Waals surface area contributed by atoms with E-state index in [2.05, 4.69) is 106 Å². The Balaban J connectivity index is 4.39. The average molecular weight is 877 g/mol. The maximum Gasteiger partial charge on any atom is 0.306 e. The molecule has 1 atom stereocenters. The third-order valence-electron chi connectivity index (χ3n) is 10.9. The Bertz CT molecular complexity index is 1240. The number of rotatable bonds is 46. The van der Waals surface area contributed by atoms with Gasteiger partial charge >= 0.3 is 17.9 Å². The van der Waals surface area contributed by atoms with Crippen molar-refractivity contribution < 1.29 is 28.6 Å². The Kier molecular flexibility index (Phi) is 48.5. The molecule has 0 aliphatic carbocycles. The number of hydrogen-bond acceptors (Lipinski definition) is 6. The first kappa shape index (κ1) is 59.6. The molecule has 0 radical (unpaired) electrons. The summed E-state index contributed by atoms with van der Waals surface area (Å²) in [6.07, 6.45) is 65.6. The fourth-order valence-corrected chi connectivity index (χ4v) is 6.98. The molecule has 1 unspecified atom stereocenters. The molecule has 0 aromatic heterocycles. The van der Waals surface area contributed by atoms with Crippen LogP contribution in [0.3, 0.4) is 0 Å². The van der Waals surface area contributed by atoms with Gasteiger partial charge in [0.05, 0.1) is 0 Å². The maximum absolute atomic E-state index is 12.8. The van der Waals surface area contributed by atoms with Crippen molar-refractivity contribution >= 4 is 17.9 Å². The van der Waals surface area contributed by atoms with Crippen LogP contribution in [0.5, 0.6) is 0 Å². The normalized spacial score (nSPS) is 12.7. The van der Waals surface area contributed by atoms with Crippen LogP contribution in [0.4, 0.5) is 0 Å². The fraction of sp³-hybridized carbons (Fsp3) is 0.702. The van der Waals surface area contributed by atoms with Gasteiger partial charge in [-0.25, -0.2) is 0 Å². The van der Waals surface area contributed by atoms with Crippen LogP contribution in [0.2, 0.25) is 0 Å². The third kappa shape index (κ3) is 49.5. The first-order valence-corrected chi connectivity index (χ1v) is 26.1. The number of esters is 3. The molecule has 63 heavy (non-hydrogen) atoms. The van der Waals surface area contributed by atoms with E-state index in [4.69, 9.17) is 14.2 Å². The van der Waals surface area contributed by atoms with Crippen LogP contribution >= 0.6 is 0 Å². The topological polar surface area (TPSA) is 78.9 Å². The molecule has 0 fully saturated rings. The molecule has 0 bridgehead atoms. The molecule has 0 spiro atoms. The molecule has 6 heteroatoms. The van der Waals surface area contributed by atoms with Gasteiger partial charge in [-0.15, -0.1) is 0 Å². The van der Waals surface area contributed by atoms with Crippen LogP contribution in [-0.2, 0) is 28.6 Å². The summed E-state index contributed by atoms with van der Waals surface area (Å²) in [6.45, 7) is 6.42. The molecule has 0 saturated heterocycles. The minimum absolute atomic E-state index is 0.0876. The van der Waals surface area contributed by atoms with Crippen LogP contribution in [0.25, 0.3) is 0 Å². The lowest BCUT2D eigenvalue weighted by molar-refractivity contribution is -0.167. The van der Waals surface area contributed by atoms with Crippen molar-refractivity contribution in [1.82, 2.24) is 0 Å². The largest absolute Gasteiger partial charge is 0.462 e. The fourth-order valence-electron chi connectivity index (χ4n) is 6.98. The zero-order chi connectivity index (χ0) is 45.8. The molecule has 0 N–H and O–H groups in total. The summed E-state index contributed by atoms with van der Waals surface area (Å²) >= 11 is 0. The van der Waals surface area contributed by atoms with Gasteiger partial charge in [0.25, 0.3) is 0 Å². The minimum Gasteiger partial charge on any atom is -0.462 e. The SMILES string of the molecule is CC/C=C\C/C=C\C/C=C\C/C=C\C/C=C\CCCCCCCC(=O)OCC(COC(=O)CCCCCCCCCCCCC)OC(=O)CCCCCCC/C=C\C/C=C\CCC. The highest BCUT2D eigenvalue weighted by Crippen LogP contribution is 2.14. The summed E-state index contributed by atoms with van der Waals surface area (Å²) in [5.74, 6) is -0.923. The standard InChI is InChI=1S/C57H96O6/c1-4-7-10-13-16-19-22-24-25-26-27-28-29-30-31-33-35-38-41-44-47-50-56(59)62-53-54(52-61-55(58)49-46-43-40-37-34-21-18-15-12-9-6-3)63-57(60)51-48-45-42-39-36-32-23-20-17-14-11-8-5-2/h7,10-11,14,16,19-20,23-25,27-28,30-31,54H,4-6,8-9,12-13,15,17-18,21-22,26,29,32-53H2,1-3H3/b10-7-,14-11-,19-16-,23-20-,25-24-,28-27-,31-30-. The van der Waals surface area contributed by atoms with E-state index in [1.54, 1.807) is 0 Å². The van der Waals surface area contributed by atoms with Gasteiger partial charge in [-0.2, -0.15) is 0 Å². The van der Waals surface area contributed by atoms with Crippen molar-refractivity contribution in [2.45, 2.75) is 245 Å². The summed E-state index contributed by atoms with van der Waals surface area (Å²) < 4.78 is 16.8. The van der Waals surface area contributed by atoms with E-state index >= 15 is 0 Å². The van der Waals surface area contributed by atoms with Gasteiger partial charge in [-0.1, -0.05) is 215 Å². The van der Waals surface area contributed by atoms with Crippen LogP contribution < -0.4 is 0 Å². The Hall–Kier alpha value is -3.41. The van der Waals surface area contributed by atoms with Gasteiger partial charge in [0.15, 0.2) is 6.10 Å². The van der Waals surface area contributed by atoms with Crippen LogP contribution in [0, 0.1) is 0 Å². The van der Waals surface area contributed by atoms with E-state index in [-0.39, 0.29) is 31.1 Å². The molecular formula is C57H96O6. The first-order chi connectivity index (χ1) is 31.0. The Labute approximate surface area is 388 Å². The van der Waals surface area contributed by atoms with E-state index in [9.17, 15) is 14.4 Å². The highest BCUT2D eigenvalue weighted by Gasteiger charge is 2.19. The van der Waals surface area contributed by atoms with Crippen molar-refractivity contribution in [3.05, 3.63) is 85.1 Å². The van der Waals surface area contributed by atoms with Crippen LogP contribution in [0.15, 0.2) is 85.1 Å². The highest BCUT2D eigenvalue weighted by atomic mass is 16.6. The molecule has 6 nitrogen and oxygen atoms in total. The van der Waals surface area contributed by atoms with Gasteiger partial charge in [0.2, 0.25) is 0 Å². The average Bonchev–Trinajstić information content (AvgIpc) is 3.28. The number of carbonyl (C=O) groups excluding carboxylic acids is 3. The van der Waals surface area contributed by atoms with Gasteiger partial charge < -0.3 is 14.2 Å². The second-order valence-electron chi connectivity index (χ2n) is 17.1. The van der Waals surface area contributed by atoms with E-state index in [1.165, 1.54) is 57.8 Å². The summed E-state index contributed by atoms with van der Waals surface area (Å²) in [5, 5.41) is 0. The summed E-state index contributed by atoms with van der Waals surface area (Å²) in [7, 11) is 0. The predicted octanol–water partition coefficient (Wildman–Crippen LogP) is 17.2. The highest BCUT2D eigenvalue weighted by molar-refractivity contribution is 5.71. The van der Waals surface area contributed by atoms with Crippen molar-refractivity contribution in [2.24, 2.45) is 0 Å². The van der Waals surface area contributed by atoms with E-state index in [1.807, 2.05) is 0 Å². The molecule has 0 heterocycles. The molecule has 360 valence electrons. The van der Waals surface area contributed by atoms with Crippen LogP contribution in [0.1, 0.15) is 239 Å². The Morgan fingerprint density at radius 2 is 0.651 bits per heavy atom. The number of allylic oxidation sites excluding steroid dienone is 14. The van der Waals surface area contributed by atoms with Gasteiger partial charge in [0, 0.05) is 19.3 Å². The zero-order valence-corrected chi connectivity index (χ0v) is 41.1. The monoisotopic (exact) mass is 877 g/mol. The van der Waals surface area contributed by atoms with Gasteiger partial charge in [0.1, 0.15) is 13.2 Å². The van der Waals surface area contributed by atoms with Crippen molar-refractivity contribution in [3.63, 3.8) is 0 Å². The molecule has 0 aromatic rings. The molecule has 0 rings (SSSR count). The molecule has 0 aliphatic heterocycles. The lowest BCUT2D eigenvalue weighted by atomic mass is 10.1. The van der Waals surface area contributed by atoms with E-state index in [0.717, 1.165) is 141 Å². The van der Waals surface area contributed by atoms with E-state index < -0.39 is 6.10 Å². The number of unbranched alkanes of at least 4 members (excludes halogenated alkanes) is 21.